The summed E-state index contributed by atoms with van der Waals surface area (Å²) in [5, 5.41) is 8.72. The van der Waals surface area contributed by atoms with Crippen molar-refractivity contribution in [3.63, 3.8) is 0 Å². The van der Waals surface area contributed by atoms with Crippen molar-refractivity contribution in [2.45, 2.75) is 13.5 Å². The third-order valence-electron chi connectivity index (χ3n) is 1.87. The van der Waals surface area contributed by atoms with Crippen LogP contribution < -0.4 is 4.74 Å². The average Bonchev–Trinajstić information content (AvgIpc) is 2.25. The molecule has 1 aromatic carbocycles. The fourth-order valence-corrected chi connectivity index (χ4v) is 1.17. The van der Waals surface area contributed by atoms with Gasteiger partial charge in [0.25, 0.3) is 0 Å². The van der Waals surface area contributed by atoms with E-state index in [9.17, 15) is 0 Å². The fourth-order valence-electron chi connectivity index (χ4n) is 1.17. The summed E-state index contributed by atoms with van der Waals surface area (Å²) in [5.74, 6) is 0.762. The maximum atomic E-state index is 8.72. The Labute approximate surface area is 83.9 Å². The Morgan fingerprint density at radius 1 is 1.43 bits per heavy atom. The molecule has 0 aliphatic rings. The van der Waals surface area contributed by atoms with Crippen molar-refractivity contribution < 1.29 is 9.47 Å². The first-order chi connectivity index (χ1) is 6.81. The number of benzene rings is 1. The van der Waals surface area contributed by atoms with Gasteiger partial charge in [0.2, 0.25) is 0 Å². The third kappa shape index (κ3) is 2.48. The zero-order chi connectivity index (χ0) is 10.4. The number of hydrogen-bond acceptors (Lipinski definition) is 3. The zero-order valence-corrected chi connectivity index (χ0v) is 8.41. The summed E-state index contributed by atoms with van der Waals surface area (Å²) < 4.78 is 10.4. The van der Waals surface area contributed by atoms with Gasteiger partial charge in [-0.15, -0.1) is 0 Å². The van der Waals surface area contributed by atoms with Crippen LogP contribution in [0.1, 0.15) is 18.1 Å². The number of nitrogens with zero attached hydrogens (tertiary/aromatic N) is 1. The van der Waals surface area contributed by atoms with Crippen LogP contribution >= 0.6 is 0 Å². The van der Waals surface area contributed by atoms with Gasteiger partial charge in [0.05, 0.1) is 25.3 Å². The van der Waals surface area contributed by atoms with Gasteiger partial charge in [-0.25, -0.2) is 0 Å². The van der Waals surface area contributed by atoms with Crippen molar-refractivity contribution in [1.29, 1.82) is 5.26 Å². The van der Waals surface area contributed by atoms with Crippen LogP contribution in [0.5, 0.6) is 5.75 Å². The third-order valence-corrected chi connectivity index (χ3v) is 1.87. The van der Waals surface area contributed by atoms with Crippen molar-refractivity contribution in [2.24, 2.45) is 0 Å². The van der Waals surface area contributed by atoms with Crippen LogP contribution in [0.4, 0.5) is 0 Å². The molecule has 0 fully saturated rings. The Balaban J connectivity index is 2.91. The number of rotatable bonds is 4. The summed E-state index contributed by atoms with van der Waals surface area (Å²) in [7, 11) is 1.61. The quantitative estimate of drug-likeness (QED) is 0.731. The van der Waals surface area contributed by atoms with Gasteiger partial charge < -0.3 is 9.47 Å². The van der Waals surface area contributed by atoms with E-state index in [0.29, 0.717) is 18.8 Å². The van der Waals surface area contributed by atoms with Crippen LogP contribution in [0.3, 0.4) is 0 Å². The van der Waals surface area contributed by atoms with Crippen LogP contribution in [-0.2, 0) is 11.3 Å². The average molecular weight is 191 g/mol. The van der Waals surface area contributed by atoms with Crippen molar-refractivity contribution >= 4 is 0 Å². The lowest BCUT2D eigenvalue weighted by molar-refractivity contribution is 0.132. The molecule has 0 unspecified atom stereocenters. The van der Waals surface area contributed by atoms with Crippen molar-refractivity contribution in [3.8, 4) is 11.8 Å². The summed E-state index contributed by atoms with van der Waals surface area (Å²) >= 11 is 0. The molecule has 74 valence electrons. The van der Waals surface area contributed by atoms with Gasteiger partial charge in [-0.3, -0.25) is 0 Å². The van der Waals surface area contributed by atoms with E-state index in [-0.39, 0.29) is 0 Å². The van der Waals surface area contributed by atoms with Crippen LogP contribution in [0.2, 0.25) is 0 Å². The van der Waals surface area contributed by atoms with Crippen LogP contribution in [0.25, 0.3) is 0 Å². The van der Waals surface area contributed by atoms with Gasteiger partial charge in [-0.05, 0) is 25.1 Å². The van der Waals surface area contributed by atoms with E-state index in [1.165, 1.54) is 0 Å². The molecule has 0 saturated heterocycles. The summed E-state index contributed by atoms with van der Waals surface area (Å²) in [6.45, 7) is 3.07. The Morgan fingerprint density at radius 3 is 2.79 bits per heavy atom. The second kappa shape index (κ2) is 5.25. The summed E-state index contributed by atoms with van der Waals surface area (Å²) in [5.41, 5.74) is 1.54. The van der Waals surface area contributed by atoms with Crippen LogP contribution in [0, 0.1) is 11.3 Å². The zero-order valence-electron chi connectivity index (χ0n) is 8.41. The fraction of sp³-hybridized carbons (Fsp3) is 0.364. The smallest absolute Gasteiger partial charge is 0.124 e. The maximum absolute atomic E-state index is 8.72. The van der Waals surface area contributed by atoms with Gasteiger partial charge in [0.15, 0.2) is 0 Å². The van der Waals surface area contributed by atoms with Crippen molar-refractivity contribution in [2.75, 3.05) is 13.7 Å². The highest BCUT2D eigenvalue weighted by Crippen LogP contribution is 2.20. The van der Waals surface area contributed by atoms with Crippen molar-refractivity contribution in [3.05, 3.63) is 29.3 Å². The van der Waals surface area contributed by atoms with E-state index in [1.807, 2.05) is 6.92 Å². The number of methoxy groups -OCH3 is 1. The SMILES string of the molecule is CCOCc1cc(C#N)ccc1OC. The van der Waals surface area contributed by atoms with Crippen LogP contribution in [-0.4, -0.2) is 13.7 Å². The van der Waals surface area contributed by atoms with E-state index in [2.05, 4.69) is 6.07 Å². The minimum atomic E-state index is 0.481. The van der Waals surface area contributed by atoms with Gasteiger partial charge in [-0.1, -0.05) is 0 Å². The molecule has 0 aliphatic carbocycles. The maximum Gasteiger partial charge on any atom is 0.124 e. The van der Waals surface area contributed by atoms with E-state index in [0.717, 1.165) is 11.3 Å². The van der Waals surface area contributed by atoms with E-state index in [1.54, 1.807) is 25.3 Å². The first-order valence-corrected chi connectivity index (χ1v) is 4.46. The van der Waals surface area contributed by atoms with Crippen molar-refractivity contribution in [1.82, 2.24) is 0 Å². The molecule has 1 aromatic rings. The molecule has 0 atom stereocenters. The normalized spacial score (nSPS) is 9.50. The number of nitriles is 1. The lowest BCUT2D eigenvalue weighted by atomic mass is 10.1. The Bertz CT molecular complexity index is 342. The molecule has 1 rings (SSSR count). The number of ether oxygens (including phenoxy) is 2. The minimum Gasteiger partial charge on any atom is -0.496 e. The highest BCUT2D eigenvalue weighted by molar-refractivity contribution is 5.41. The highest BCUT2D eigenvalue weighted by Gasteiger charge is 2.03. The Morgan fingerprint density at radius 2 is 2.21 bits per heavy atom. The molecule has 0 bridgehead atoms. The number of hydrogen-bond donors (Lipinski definition) is 0. The second-order valence-corrected chi connectivity index (χ2v) is 2.78. The predicted octanol–water partition coefficient (Wildman–Crippen LogP) is 2.10. The van der Waals surface area contributed by atoms with E-state index < -0.39 is 0 Å². The molecule has 14 heavy (non-hydrogen) atoms. The Kier molecular flexibility index (Phi) is 3.96. The topological polar surface area (TPSA) is 42.2 Å². The molecular weight excluding hydrogens is 178 g/mol. The predicted molar refractivity (Wildman–Crippen MR) is 53.0 cm³/mol. The van der Waals surface area contributed by atoms with E-state index in [4.69, 9.17) is 14.7 Å². The Hall–Kier alpha value is -1.53. The van der Waals surface area contributed by atoms with E-state index >= 15 is 0 Å². The van der Waals surface area contributed by atoms with Gasteiger partial charge in [-0.2, -0.15) is 5.26 Å². The summed E-state index contributed by atoms with van der Waals surface area (Å²) in [6.07, 6.45) is 0. The first-order valence-electron chi connectivity index (χ1n) is 4.46. The van der Waals surface area contributed by atoms with Gasteiger partial charge >= 0.3 is 0 Å². The van der Waals surface area contributed by atoms with Crippen LogP contribution in [0.15, 0.2) is 18.2 Å². The minimum absolute atomic E-state index is 0.481. The summed E-state index contributed by atoms with van der Waals surface area (Å²) in [4.78, 5) is 0. The van der Waals surface area contributed by atoms with Gasteiger partial charge in [0, 0.05) is 12.2 Å². The molecule has 0 N–H and O–H groups in total. The molecule has 3 nitrogen and oxygen atoms in total. The lowest BCUT2D eigenvalue weighted by Crippen LogP contribution is -1.96. The molecule has 0 spiro atoms. The molecule has 0 heterocycles. The van der Waals surface area contributed by atoms with Gasteiger partial charge in [0.1, 0.15) is 5.75 Å². The second-order valence-electron chi connectivity index (χ2n) is 2.78. The molecule has 0 amide bonds. The molecule has 0 aromatic heterocycles. The molecular formula is C11H13NO2. The highest BCUT2D eigenvalue weighted by atomic mass is 16.5. The monoisotopic (exact) mass is 191 g/mol. The molecule has 0 radical (unpaired) electrons. The molecule has 3 heteroatoms. The summed E-state index contributed by atoms with van der Waals surface area (Å²) in [6, 6.07) is 7.39. The lowest BCUT2D eigenvalue weighted by Gasteiger charge is -2.08. The standard InChI is InChI=1S/C11H13NO2/c1-3-14-8-10-6-9(7-12)4-5-11(10)13-2/h4-6H,3,8H2,1-2H3. The first kappa shape index (κ1) is 10.6. The molecule has 0 aliphatic heterocycles. The molecule has 0 saturated carbocycles. The largest absolute Gasteiger partial charge is 0.496 e.